The molecule has 2 aromatic carbocycles. The topological polar surface area (TPSA) is 23.6 Å². The number of para-hydroxylation sites is 1. The minimum atomic E-state index is 0.218. The number of anilines is 1. The van der Waals surface area contributed by atoms with Crippen molar-refractivity contribution in [2.75, 3.05) is 24.5 Å². The van der Waals surface area contributed by atoms with Crippen LogP contribution in [0.15, 0.2) is 60.7 Å². The molecule has 2 atom stereocenters. The summed E-state index contributed by atoms with van der Waals surface area (Å²) in [5.41, 5.74) is 2.43. The van der Waals surface area contributed by atoms with Crippen molar-refractivity contribution in [3.63, 3.8) is 0 Å². The third-order valence-electron chi connectivity index (χ3n) is 5.80. The standard InChI is InChI=1S/C24H32N2O/c1-3-24(27)26(23-14-8-5-9-15-23)20(2)22-13-10-17-25(19-22)18-16-21-11-6-4-7-12-21/h4-9,11-12,14-15,20,22H,3,10,13,16-19H2,1-2H3/t20-,22-/m0/s1. The van der Waals surface area contributed by atoms with E-state index in [4.69, 9.17) is 0 Å². The van der Waals surface area contributed by atoms with Crippen LogP contribution in [0.5, 0.6) is 0 Å². The lowest BCUT2D eigenvalue weighted by Gasteiger charge is -2.40. The highest BCUT2D eigenvalue weighted by Gasteiger charge is 2.31. The SMILES string of the molecule is CCC(=O)N(c1ccccc1)[C@@H](C)[C@H]1CCCN(CCc2ccccc2)C1. The van der Waals surface area contributed by atoms with Crippen molar-refractivity contribution < 1.29 is 4.79 Å². The number of piperidine rings is 1. The first-order valence-corrected chi connectivity index (χ1v) is 10.3. The molecule has 1 aliphatic heterocycles. The highest BCUT2D eigenvalue weighted by atomic mass is 16.2. The lowest BCUT2D eigenvalue weighted by Crippen LogP contribution is -2.49. The Morgan fingerprint density at radius 2 is 1.78 bits per heavy atom. The molecule has 1 saturated heterocycles. The molecule has 0 N–H and O–H groups in total. The fourth-order valence-electron chi connectivity index (χ4n) is 4.20. The maximum Gasteiger partial charge on any atom is 0.226 e. The molecule has 3 heteroatoms. The van der Waals surface area contributed by atoms with E-state index in [0.29, 0.717) is 12.3 Å². The molecular formula is C24H32N2O. The van der Waals surface area contributed by atoms with E-state index in [2.05, 4.69) is 54.3 Å². The zero-order chi connectivity index (χ0) is 19.1. The Morgan fingerprint density at radius 1 is 1.11 bits per heavy atom. The van der Waals surface area contributed by atoms with Crippen molar-refractivity contribution in [2.24, 2.45) is 5.92 Å². The van der Waals surface area contributed by atoms with E-state index < -0.39 is 0 Å². The van der Waals surface area contributed by atoms with Gasteiger partial charge >= 0.3 is 0 Å². The van der Waals surface area contributed by atoms with E-state index in [9.17, 15) is 4.79 Å². The van der Waals surface area contributed by atoms with Gasteiger partial charge in [-0.3, -0.25) is 4.79 Å². The van der Waals surface area contributed by atoms with Crippen LogP contribution in [0.25, 0.3) is 0 Å². The summed E-state index contributed by atoms with van der Waals surface area (Å²) in [7, 11) is 0. The number of carbonyl (C=O) groups excluding carboxylic acids is 1. The number of nitrogens with zero attached hydrogens (tertiary/aromatic N) is 2. The second-order valence-electron chi connectivity index (χ2n) is 7.63. The molecular weight excluding hydrogens is 332 g/mol. The molecule has 1 aliphatic rings. The van der Waals surface area contributed by atoms with Crippen LogP contribution >= 0.6 is 0 Å². The quantitative estimate of drug-likeness (QED) is 0.706. The third-order valence-corrected chi connectivity index (χ3v) is 5.80. The number of benzene rings is 2. The molecule has 144 valence electrons. The Labute approximate surface area is 164 Å². The van der Waals surface area contributed by atoms with E-state index in [1.165, 1.54) is 24.9 Å². The summed E-state index contributed by atoms with van der Waals surface area (Å²) in [6.45, 7) is 7.53. The van der Waals surface area contributed by atoms with Gasteiger partial charge < -0.3 is 9.80 Å². The summed E-state index contributed by atoms with van der Waals surface area (Å²) < 4.78 is 0. The van der Waals surface area contributed by atoms with E-state index >= 15 is 0 Å². The molecule has 3 rings (SSSR count). The van der Waals surface area contributed by atoms with E-state index in [1.807, 2.05) is 30.0 Å². The predicted molar refractivity (Wildman–Crippen MR) is 113 cm³/mol. The molecule has 0 aliphatic carbocycles. The molecule has 0 aromatic heterocycles. The van der Waals surface area contributed by atoms with Gasteiger partial charge in [-0.2, -0.15) is 0 Å². The average Bonchev–Trinajstić information content (AvgIpc) is 2.74. The predicted octanol–water partition coefficient (Wildman–Crippen LogP) is 4.77. The highest BCUT2D eigenvalue weighted by molar-refractivity contribution is 5.93. The summed E-state index contributed by atoms with van der Waals surface area (Å²) in [5, 5.41) is 0. The van der Waals surface area contributed by atoms with E-state index in [1.54, 1.807) is 0 Å². The molecule has 1 heterocycles. The maximum absolute atomic E-state index is 12.7. The zero-order valence-electron chi connectivity index (χ0n) is 16.7. The van der Waals surface area contributed by atoms with Crippen LogP contribution in [0.2, 0.25) is 0 Å². The first-order valence-electron chi connectivity index (χ1n) is 10.3. The number of amides is 1. The molecule has 0 unspecified atom stereocenters. The third kappa shape index (κ3) is 5.20. The number of hydrogen-bond acceptors (Lipinski definition) is 2. The van der Waals surface area contributed by atoms with Crippen LogP contribution in [-0.2, 0) is 11.2 Å². The van der Waals surface area contributed by atoms with Crippen molar-refractivity contribution in [3.05, 3.63) is 66.2 Å². The summed E-state index contributed by atoms with van der Waals surface area (Å²) in [6.07, 6.45) is 4.05. The molecule has 3 nitrogen and oxygen atoms in total. The fraction of sp³-hybridized carbons (Fsp3) is 0.458. The van der Waals surface area contributed by atoms with Crippen molar-refractivity contribution >= 4 is 11.6 Å². The summed E-state index contributed by atoms with van der Waals surface area (Å²) in [5.74, 6) is 0.736. The number of hydrogen-bond donors (Lipinski definition) is 0. The number of carbonyl (C=O) groups is 1. The minimum absolute atomic E-state index is 0.218. The Bertz CT molecular complexity index is 701. The van der Waals surface area contributed by atoms with Gasteiger partial charge in [0.2, 0.25) is 5.91 Å². The molecule has 0 spiro atoms. The van der Waals surface area contributed by atoms with Gasteiger partial charge in [-0.25, -0.2) is 0 Å². The molecule has 2 aromatic rings. The normalized spacial score (nSPS) is 18.8. The number of likely N-dealkylation sites (tertiary alicyclic amines) is 1. The van der Waals surface area contributed by atoms with Crippen molar-refractivity contribution in [1.29, 1.82) is 0 Å². The van der Waals surface area contributed by atoms with E-state index in [-0.39, 0.29) is 11.9 Å². The lowest BCUT2D eigenvalue weighted by molar-refractivity contribution is -0.119. The zero-order valence-corrected chi connectivity index (χ0v) is 16.7. The molecule has 27 heavy (non-hydrogen) atoms. The largest absolute Gasteiger partial charge is 0.309 e. The number of rotatable bonds is 7. The van der Waals surface area contributed by atoms with Gasteiger partial charge in [0.25, 0.3) is 0 Å². The minimum Gasteiger partial charge on any atom is -0.309 e. The van der Waals surface area contributed by atoms with Crippen LogP contribution in [-0.4, -0.2) is 36.5 Å². The van der Waals surface area contributed by atoms with Crippen LogP contribution in [0, 0.1) is 5.92 Å². The van der Waals surface area contributed by atoms with Crippen LogP contribution < -0.4 is 4.90 Å². The Kier molecular flexibility index (Phi) is 7.05. The van der Waals surface area contributed by atoms with Crippen molar-refractivity contribution in [3.8, 4) is 0 Å². The van der Waals surface area contributed by atoms with Crippen LogP contribution in [0.3, 0.4) is 0 Å². The summed E-state index contributed by atoms with van der Waals surface area (Å²) >= 11 is 0. The van der Waals surface area contributed by atoms with Crippen molar-refractivity contribution in [2.45, 2.75) is 45.6 Å². The second kappa shape index (κ2) is 9.70. The second-order valence-corrected chi connectivity index (χ2v) is 7.63. The van der Waals surface area contributed by atoms with Crippen LogP contribution in [0.4, 0.5) is 5.69 Å². The van der Waals surface area contributed by atoms with Gasteiger partial charge in [0.15, 0.2) is 0 Å². The average molecular weight is 365 g/mol. The Hall–Kier alpha value is -2.13. The molecule has 0 radical (unpaired) electrons. The van der Waals surface area contributed by atoms with Gasteiger partial charge in [-0.1, -0.05) is 55.5 Å². The monoisotopic (exact) mass is 364 g/mol. The molecule has 0 bridgehead atoms. The summed E-state index contributed by atoms with van der Waals surface area (Å²) in [6, 6.07) is 21.1. The molecule has 1 amide bonds. The highest BCUT2D eigenvalue weighted by Crippen LogP contribution is 2.27. The lowest BCUT2D eigenvalue weighted by atomic mass is 9.89. The summed E-state index contributed by atoms with van der Waals surface area (Å²) in [4.78, 5) is 17.3. The molecule has 1 fully saturated rings. The van der Waals surface area contributed by atoms with E-state index in [0.717, 1.165) is 25.2 Å². The van der Waals surface area contributed by atoms with Gasteiger partial charge in [0, 0.05) is 31.2 Å². The first kappa shape index (κ1) is 19.6. The van der Waals surface area contributed by atoms with Gasteiger partial charge in [-0.15, -0.1) is 0 Å². The Balaban J connectivity index is 1.65. The first-order chi connectivity index (χ1) is 13.2. The van der Waals surface area contributed by atoms with Gasteiger partial charge in [0.1, 0.15) is 0 Å². The van der Waals surface area contributed by atoms with Crippen LogP contribution in [0.1, 0.15) is 38.7 Å². The smallest absolute Gasteiger partial charge is 0.226 e. The maximum atomic E-state index is 12.7. The van der Waals surface area contributed by atoms with Gasteiger partial charge in [-0.05, 0) is 56.3 Å². The van der Waals surface area contributed by atoms with Crippen molar-refractivity contribution in [1.82, 2.24) is 4.90 Å². The van der Waals surface area contributed by atoms with Gasteiger partial charge in [0.05, 0.1) is 0 Å². The Morgan fingerprint density at radius 3 is 2.44 bits per heavy atom. The molecule has 0 saturated carbocycles. The fourth-order valence-corrected chi connectivity index (χ4v) is 4.20.